The first kappa shape index (κ1) is 14.0. The molecule has 2 rings (SSSR count). The third-order valence-corrected chi connectivity index (χ3v) is 3.49. The van der Waals surface area contributed by atoms with Gasteiger partial charge in [-0.15, -0.1) is 0 Å². The second-order valence-electron chi connectivity index (χ2n) is 5.27. The van der Waals surface area contributed by atoms with E-state index < -0.39 is 0 Å². The number of hydrogen-bond acceptors (Lipinski definition) is 3. The van der Waals surface area contributed by atoms with Crippen molar-refractivity contribution in [3.63, 3.8) is 0 Å². The molecule has 0 amide bonds. The van der Waals surface area contributed by atoms with E-state index in [0.29, 0.717) is 12.3 Å². The SMILES string of the molecule is C[C@@H](O)CC#CCN1CCC[C@@H](c2cccnc2)C1. The van der Waals surface area contributed by atoms with Crippen molar-refractivity contribution >= 4 is 0 Å². The van der Waals surface area contributed by atoms with E-state index in [-0.39, 0.29) is 6.10 Å². The minimum atomic E-state index is -0.322. The van der Waals surface area contributed by atoms with Crippen molar-refractivity contribution in [2.45, 2.75) is 38.2 Å². The Labute approximate surface area is 115 Å². The van der Waals surface area contributed by atoms with Crippen LogP contribution in [-0.4, -0.2) is 40.7 Å². The molecule has 3 heteroatoms. The molecule has 0 radical (unpaired) electrons. The second-order valence-corrected chi connectivity index (χ2v) is 5.27. The highest BCUT2D eigenvalue weighted by atomic mass is 16.3. The standard InChI is InChI=1S/C16H22N2O/c1-14(19)6-2-3-10-18-11-5-8-16(13-18)15-7-4-9-17-12-15/h4,7,9,12,14,16,19H,5-6,8,10-11,13H2,1H3/t14-,16-/m1/s1. The Morgan fingerprint density at radius 2 is 2.42 bits per heavy atom. The molecule has 1 aromatic rings. The van der Waals surface area contributed by atoms with Crippen LogP contribution in [0, 0.1) is 11.8 Å². The molecular formula is C16H22N2O. The Hall–Kier alpha value is -1.37. The van der Waals surface area contributed by atoms with Gasteiger partial charge in [-0.3, -0.25) is 9.88 Å². The van der Waals surface area contributed by atoms with Crippen molar-refractivity contribution in [3.8, 4) is 11.8 Å². The normalized spacial score (nSPS) is 21.5. The van der Waals surface area contributed by atoms with Crippen LogP contribution in [0.4, 0.5) is 0 Å². The van der Waals surface area contributed by atoms with Gasteiger partial charge < -0.3 is 5.11 Å². The molecule has 1 aliphatic heterocycles. The van der Waals surface area contributed by atoms with E-state index in [2.05, 4.69) is 27.8 Å². The number of aromatic nitrogens is 1. The fourth-order valence-electron chi connectivity index (χ4n) is 2.48. The van der Waals surface area contributed by atoms with E-state index in [9.17, 15) is 0 Å². The van der Waals surface area contributed by atoms with Crippen LogP contribution < -0.4 is 0 Å². The van der Waals surface area contributed by atoms with Gasteiger partial charge in [0.05, 0.1) is 12.6 Å². The summed E-state index contributed by atoms with van der Waals surface area (Å²) in [5.74, 6) is 6.78. The predicted octanol–water partition coefficient (Wildman–Crippen LogP) is 2.04. The number of likely N-dealkylation sites (tertiary alicyclic amines) is 1. The van der Waals surface area contributed by atoms with Gasteiger partial charge in [-0.25, -0.2) is 0 Å². The van der Waals surface area contributed by atoms with E-state index in [4.69, 9.17) is 5.11 Å². The van der Waals surface area contributed by atoms with Crippen molar-refractivity contribution in [2.75, 3.05) is 19.6 Å². The summed E-state index contributed by atoms with van der Waals surface area (Å²) in [7, 11) is 0. The quantitative estimate of drug-likeness (QED) is 0.843. The Balaban J connectivity index is 1.85. The highest BCUT2D eigenvalue weighted by Crippen LogP contribution is 2.25. The first-order valence-electron chi connectivity index (χ1n) is 7.02. The highest BCUT2D eigenvalue weighted by molar-refractivity contribution is 5.16. The summed E-state index contributed by atoms with van der Waals surface area (Å²) >= 11 is 0. The van der Waals surface area contributed by atoms with Crippen LogP contribution in [0.1, 0.15) is 37.7 Å². The molecule has 102 valence electrons. The Morgan fingerprint density at radius 1 is 1.53 bits per heavy atom. The maximum atomic E-state index is 9.16. The summed E-state index contributed by atoms with van der Waals surface area (Å²) in [6, 6.07) is 4.18. The van der Waals surface area contributed by atoms with E-state index in [1.54, 1.807) is 6.92 Å². The van der Waals surface area contributed by atoms with E-state index >= 15 is 0 Å². The maximum absolute atomic E-state index is 9.16. The molecule has 1 aliphatic rings. The van der Waals surface area contributed by atoms with Gasteiger partial charge in [-0.1, -0.05) is 17.9 Å². The Morgan fingerprint density at radius 3 is 3.16 bits per heavy atom. The summed E-state index contributed by atoms with van der Waals surface area (Å²) in [5.41, 5.74) is 1.34. The molecule has 1 N–H and O–H groups in total. The molecule has 0 aromatic carbocycles. The lowest BCUT2D eigenvalue weighted by Crippen LogP contribution is -2.34. The monoisotopic (exact) mass is 258 g/mol. The third kappa shape index (κ3) is 4.66. The smallest absolute Gasteiger partial charge is 0.0621 e. The number of pyridine rings is 1. The molecule has 1 saturated heterocycles. The lowest BCUT2D eigenvalue weighted by molar-refractivity contribution is 0.200. The molecule has 1 fully saturated rings. The van der Waals surface area contributed by atoms with Crippen LogP contribution in [0.15, 0.2) is 24.5 Å². The van der Waals surface area contributed by atoms with Crippen LogP contribution in [0.25, 0.3) is 0 Å². The lowest BCUT2D eigenvalue weighted by atomic mass is 9.92. The zero-order chi connectivity index (χ0) is 13.5. The van der Waals surface area contributed by atoms with Crippen molar-refractivity contribution < 1.29 is 5.11 Å². The van der Waals surface area contributed by atoms with E-state index in [1.165, 1.54) is 18.4 Å². The largest absolute Gasteiger partial charge is 0.392 e. The summed E-state index contributed by atoms with van der Waals surface area (Å²) in [4.78, 5) is 6.60. The van der Waals surface area contributed by atoms with Gasteiger partial charge in [0.15, 0.2) is 0 Å². The van der Waals surface area contributed by atoms with Gasteiger partial charge in [0, 0.05) is 25.4 Å². The van der Waals surface area contributed by atoms with Crippen molar-refractivity contribution in [3.05, 3.63) is 30.1 Å². The molecule has 2 atom stereocenters. The number of hydrogen-bond donors (Lipinski definition) is 1. The van der Waals surface area contributed by atoms with Crippen LogP contribution in [0.3, 0.4) is 0 Å². The average molecular weight is 258 g/mol. The summed E-state index contributed by atoms with van der Waals surface area (Å²) < 4.78 is 0. The van der Waals surface area contributed by atoms with Crippen molar-refractivity contribution in [1.82, 2.24) is 9.88 Å². The first-order chi connectivity index (χ1) is 9.25. The average Bonchev–Trinajstić information content (AvgIpc) is 2.45. The molecule has 0 spiro atoms. The maximum Gasteiger partial charge on any atom is 0.0621 e. The van der Waals surface area contributed by atoms with Gasteiger partial charge in [-0.2, -0.15) is 0 Å². The zero-order valence-electron chi connectivity index (χ0n) is 11.5. The Kier molecular flexibility index (Phi) is 5.38. The second kappa shape index (κ2) is 7.28. The van der Waals surface area contributed by atoms with Gasteiger partial charge in [0.2, 0.25) is 0 Å². The predicted molar refractivity (Wildman–Crippen MR) is 76.7 cm³/mol. The van der Waals surface area contributed by atoms with Crippen LogP contribution >= 0.6 is 0 Å². The van der Waals surface area contributed by atoms with E-state index in [1.807, 2.05) is 18.5 Å². The molecule has 1 aromatic heterocycles. The summed E-state index contributed by atoms with van der Waals surface area (Å²) in [6.07, 6.45) is 6.51. The number of aliphatic hydroxyl groups is 1. The molecule has 19 heavy (non-hydrogen) atoms. The van der Waals surface area contributed by atoms with E-state index in [0.717, 1.165) is 19.6 Å². The van der Waals surface area contributed by atoms with Gasteiger partial charge in [0.1, 0.15) is 0 Å². The molecule has 2 heterocycles. The van der Waals surface area contributed by atoms with Crippen molar-refractivity contribution in [2.24, 2.45) is 0 Å². The summed E-state index contributed by atoms with van der Waals surface area (Å²) in [6.45, 7) is 4.77. The van der Waals surface area contributed by atoms with Crippen LogP contribution in [0.5, 0.6) is 0 Å². The highest BCUT2D eigenvalue weighted by Gasteiger charge is 2.20. The Bertz CT molecular complexity index is 433. The number of piperidine rings is 1. The molecule has 0 aliphatic carbocycles. The zero-order valence-corrected chi connectivity index (χ0v) is 11.5. The molecule has 3 nitrogen and oxygen atoms in total. The van der Waals surface area contributed by atoms with Gasteiger partial charge in [-0.05, 0) is 43.9 Å². The van der Waals surface area contributed by atoms with Crippen LogP contribution in [0.2, 0.25) is 0 Å². The molecule has 0 saturated carbocycles. The third-order valence-electron chi connectivity index (χ3n) is 3.49. The van der Waals surface area contributed by atoms with Gasteiger partial charge in [0.25, 0.3) is 0 Å². The fourth-order valence-corrected chi connectivity index (χ4v) is 2.48. The first-order valence-corrected chi connectivity index (χ1v) is 7.02. The van der Waals surface area contributed by atoms with Crippen LogP contribution in [-0.2, 0) is 0 Å². The minimum Gasteiger partial charge on any atom is -0.392 e. The summed E-state index contributed by atoms with van der Waals surface area (Å²) in [5, 5.41) is 9.16. The fraction of sp³-hybridized carbons (Fsp3) is 0.562. The minimum absolute atomic E-state index is 0.322. The lowest BCUT2D eigenvalue weighted by Gasteiger charge is -2.31. The molecule has 0 bridgehead atoms. The van der Waals surface area contributed by atoms with Crippen molar-refractivity contribution in [1.29, 1.82) is 0 Å². The number of nitrogens with zero attached hydrogens (tertiary/aromatic N) is 2. The number of rotatable bonds is 3. The molecule has 0 unspecified atom stereocenters. The topological polar surface area (TPSA) is 36.4 Å². The van der Waals surface area contributed by atoms with Gasteiger partial charge >= 0.3 is 0 Å². The molecular weight excluding hydrogens is 236 g/mol. The number of aliphatic hydroxyl groups excluding tert-OH is 1.